The van der Waals surface area contributed by atoms with Gasteiger partial charge in [-0.3, -0.25) is 0 Å². The summed E-state index contributed by atoms with van der Waals surface area (Å²) in [6.45, 7) is 0.958. The van der Waals surface area contributed by atoms with Crippen molar-refractivity contribution >= 4 is 9.84 Å². The van der Waals surface area contributed by atoms with Crippen LogP contribution in [-0.4, -0.2) is 36.0 Å². The van der Waals surface area contributed by atoms with Crippen LogP contribution in [0.2, 0.25) is 0 Å². The minimum Gasteiger partial charge on any atom is -0.492 e. The fraction of sp³-hybridized carbons (Fsp3) is 0.273. The number of benzene rings is 1. The minimum absolute atomic E-state index is 0.251. The molecule has 96 valence electrons. The summed E-state index contributed by atoms with van der Waals surface area (Å²) in [5, 5.41) is 3.93. The molecule has 1 aromatic carbocycles. The topological polar surface area (TPSA) is 74.1 Å². The second-order valence-corrected chi connectivity index (χ2v) is 5.77. The van der Waals surface area contributed by atoms with E-state index in [9.17, 15) is 8.42 Å². The van der Waals surface area contributed by atoms with E-state index in [2.05, 4.69) is 10.1 Å². The Morgan fingerprint density at radius 1 is 1.39 bits per heavy atom. The van der Waals surface area contributed by atoms with E-state index in [1.807, 2.05) is 0 Å². The number of hydrogen-bond acceptors (Lipinski definition) is 5. The Balaban J connectivity index is 1.98. The van der Waals surface area contributed by atoms with Gasteiger partial charge in [-0.25, -0.2) is 18.1 Å². The molecule has 1 aromatic heterocycles. The molecular formula is C11H13N3O3S. The fourth-order valence-electron chi connectivity index (χ4n) is 1.40. The molecule has 0 saturated heterocycles. The first kappa shape index (κ1) is 12.6. The first-order chi connectivity index (χ1) is 8.55. The van der Waals surface area contributed by atoms with Gasteiger partial charge in [0.2, 0.25) is 0 Å². The zero-order chi connectivity index (χ0) is 13.0. The lowest BCUT2D eigenvalue weighted by Gasteiger charge is -2.07. The summed E-state index contributed by atoms with van der Waals surface area (Å²) in [6.07, 6.45) is 4.21. The minimum atomic E-state index is -3.20. The lowest BCUT2D eigenvalue weighted by atomic mass is 10.3. The van der Waals surface area contributed by atoms with Crippen molar-refractivity contribution in [2.45, 2.75) is 11.4 Å². The molecular weight excluding hydrogens is 254 g/mol. The molecule has 2 rings (SSSR count). The first-order valence-electron chi connectivity index (χ1n) is 5.31. The monoisotopic (exact) mass is 267 g/mol. The van der Waals surface area contributed by atoms with Crippen molar-refractivity contribution < 1.29 is 13.2 Å². The highest BCUT2D eigenvalue weighted by molar-refractivity contribution is 7.90. The van der Waals surface area contributed by atoms with Gasteiger partial charge in [0.15, 0.2) is 9.84 Å². The quantitative estimate of drug-likeness (QED) is 0.799. The number of aromatic nitrogens is 3. The Kier molecular flexibility index (Phi) is 3.61. The summed E-state index contributed by atoms with van der Waals surface area (Å²) in [6, 6.07) is 6.42. The van der Waals surface area contributed by atoms with Gasteiger partial charge in [-0.2, -0.15) is 5.10 Å². The van der Waals surface area contributed by atoms with Crippen LogP contribution in [0.3, 0.4) is 0 Å². The van der Waals surface area contributed by atoms with Gasteiger partial charge in [0.05, 0.1) is 11.4 Å². The normalized spacial score (nSPS) is 11.4. The molecule has 1 heterocycles. The van der Waals surface area contributed by atoms with E-state index in [0.29, 0.717) is 18.9 Å². The molecule has 0 spiro atoms. The maximum absolute atomic E-state index is 11.4. The van der Waals surface area contributed by atoms with E-state index in [0.717, 1.165) is 0 Å². The largest absolute Gasteiger partial charge is 0.492 e. The van der Waals surface area contributed by atoms with Gasteiger partial charge >= 0.3 is 0 Å². The van der Waals surface area contributed by atoms with Crippen molar-refractivity contribution in [2.24, 2.45) is 0 Å². The molecule has 18 heavy (non-hydrogen) atoms. The van der Waals surface area contributed by atoms with Gasteiger partial charge in [0.25, 0.3) is 0 Å². The average molecular weight is 267 g/mol. The summed E-state index contributed by atoms with van der Waals surface area (Å²) in [5.74, 6) is 0.526. The van der Waals surface area contributed by atoms with Gasteiger partial charge in [-0.05, 0) is 18.2 Å². The molecule has 0 aliphatic heterocycles. The third kappa shape index (κ3) is 3.30. The van der Waals surface area contributed by atoms with Crippen LogP contribution in [0.15, 0.2) is 41.8 Å². The third-order valence-corrected chi connectivity index (χ3v) is 3.40. The molecule has 0 fully saturated rings. The van der Waals surface area contributed by atoms with Crippen LogP contribution < -0.4 is 4.74 Å². The van der Waals surface area contributed by atoms with Crippen LogP contribution in [0.25, 0.3) is 0 Å². The predicted octanol–water partition coefficient (Wildman–Crippen LogP) is 0.761. The van der Waals surface area contributed by atoms with Gasteiger partial charge in [-0.15, -0.1) is 0 Å². The number of rotatable bonds is 5. The van der Waals surface area contributed by atoms with Gasteiger partial charge in [0, 0.05) is 6.26 Å². The molecule has 0 aliphatic rings. The standard InChI is InChI=1S/C11H13N3O3S/c1-18(15,16)11-4-2-3-10(7-11)17-6-5-14-9-12-8-13-14/h2-4,7-9H,5-6H2,1H3. The maximum atomic E-state index is 11.4. The van der Waals surface area contributed by atoms with E-state index in [1.165, 1.54) is 18.6 Å². The fourth-order valence-corrected chi connectivity index (χ4v) is 2.06. The van der Waals surface area contributed by atoms with Crippen molar-refractivity contribution in [3.05, 3.63) is 36.9 Å². The van der Waals surface area contributed by atoms with Crippen molar-refractivity contribution in [3.63, 3.8) is 0 Å². The van der Waals surface area contributed by atoms with Crippen LogP contribution in [-0.2, 0) is 16.4 Å². The Hall–Kier alpha value is -1.89. The van der Waals surface area contributed by atoms with Crippen LogP contribution in [0, 0.1) is 0 Å². The average Bonchev–Trinajstić information content (AvgIpc) is 2.81. The smallest absolute Gasteiger partial charge is 0.175 e. The van der Waals surface area contributed by atoms with Crippen LogP contribution in [0.4, 0.5) is 0 Å². The van der Waals surface area contributed by atoms with E-state index < -0.39 is 9.84 Å². The first-order valence-corrected chi connectivity index (χ1v) is 7.20. The van der Waals surface area contributed by atoms with Crippen molar-refractivity contribution in [2.75, 3.05) is 12.9 Å². The second kappa shape index (κ2) is 5.18. The number of nitrogens with zero attached hydrogens (tertiary/aromatic N) is 3. The van der Waals surface area contributed by atoms with E-state index in [-0.39, 0.29) is 4.90 Å². The van der Waals surface area contributed by atoms with Crippen molar-refractivity contribution in [1.29, 1.82) is 0 Å². The summed E-state index contributed by atoms with van der Waals surface area (Å²) in [7, 11) is -3.20. The second-order valence-electron chi connectivity index (χ2n) is 3.75. The summed E-state index contributed by atoms with van der Waals surface area (Å²) < 4.78 is 29.8. The lowest BCUT2D eigenvalue weighted by Crippen LogP contribution is -2.08. The van der Waals surface area contributed by atoms with Crippen LogP contribution >= 0.6 is 0 Å². The highest BCUT2D eigenvalue weighted by Gasteiger charge is 2.07. The SMILES string of the molecule is CS(=O)(=O)c1cccc(OCCn2cncn2)c1. The Morgan fingerprint density at radius 2 is 2.22 bits per heavy atom. The molecule has 0 aliphatic carbocycles. The zero-order valence-electron chi connectivity index (χ0n) is 9.85. The Bertz CT molecular complexity index is 608. The zero-order valence-corrected chi connectivity index (χ0v) is 10.7. The molecule has 0 unspecified atom stereocenters. The molecule has 0 bridgehead atoms. The summed E-state index contributed by atoms with van der Waals surface area (Å²) in [4.78, 5) is 4.06. The van der Waals surface area contributed by atoms with E-state index in [4.69, 9.17) is 4.74 Å². The third-order valence-electron chi connectivity index (χ3n) is 2.29. The molecule has 6 nitrogen and oxygen atoms in total. The molecule has 7 heteroatoms. The maximum Gasteiger partial charge on any atom is 0.175 e. The van der Waals surface area contributed by atoms with E-state index >= 15 is 0 Å². The Morgan fingerprint density at radius 3 is 2.89 bits per heavy atom. The summed E-state index contributed by atoms with van der Waals surface area (Å²) >= 11 is 0. The lowest BCUT2D eigenvalue weighted by molar-refractivity contribution is 0.290. The Labute approximate surface area is 105 Å². The highest BCUT2D eigenvalue weighted by Crippen LogP contribution is 2.17. The molecule has 0 atom stereocenters. The number of hydrogen-bond donors (Lipinski definition) is 0. The number of ether oxygens (including phenoxy) is 1. The van der Waals surface area contributed by atoms with Crippen molar-refractivity contribution in [3.8, 4) is 5.75 Å². The van der Waals surface area contributed by atoms with Gasteiger partial charge in [-0.1, -0.05) is 6.07 Å². The molecule has 0 N–H and O–H groups in total. The van der Waals surface area contributed by atoms with Crippen LogP contribution in [0.5, 0.6) is 5.75 Å². The summed E-state index contributed by atoms with van der Waals surface area (Å²) in [5.41, 5.74) is 0. The molecule has 0 radical (unpaired) electrons. The molecule has 2 aromatic rings. The molecule has 0 saturated carbocycles. The van der Waals surface area contributed by atoms with Crippen LogP contribution in [0.1, 0.15) is 0 Å². The van der Waals surface area contributed by atoms with Gasteiger partial charge in [0.1, 0.15) is 25.0 Å². The predicted molar refractivity (Wildman–Crippen MR) is 65.1 cm³/mol. The van der Waals surface area contributed by atoms with Crippen molar-refractivity contribution in [1.82, 2.24) is 14.8 Å². The molecule has 0 amide bonds. The number of sulfone groups is 1. The highest BCUT2D eigenvalue weighted by atomic mass is 32.2. The van der Waals surface area contributed by atoms with E-state index in [1.54, 1.807) is 29.2 Å². The van der Waals surface area contributed by atoms with Gasteiger partial charge < -0.3 is 4.74 Å².